The molecule has 0 bridgehead atoms. The van der Waals surface area contributed by atoms with Crippen molar-refractivity contribution >= 4 is 29.5 Å². The fourth-order valence-electron chi connectivity index (χ4n) is 4.95. The minimum atomic E-state index is -0.540. The van der Waals surface area contributed by atoms with Crippen molar-refractivity contribution in [1.29, 1.82) is 5.26 Å². The third-order valence-corrected chi connectivity index (χ3v) is 7.70. The molecule has 0 saturated heterocycles. The molecular weight excluding hydrogens is 560 g/mol. The maximum absolute atomic E-state index is 13.7. The molecule has 3 aromatic carbocycles. The molecule has 0 N–H and O–H groups in total. The SMILES string of the molecule is CCCCCN1C(=O)C(C#N)=C(C)/C(=C\c2cn(-c3ccccc3)nc2-c2cccc(OCc3ccccc3Cl)c2)C1=O. The molecule has 43 heavy (non-hydrogen) atoms. The summed E-state index contributed by atoms with van der Waals surface area (Å²) < 4.78 is 7.83. The molecule has 1 aromatic heterocycles. The first-order valence-corrected chi connectivity index (χ1v) is 14.6. The Balaban J connectivity index is 1.57. The van der Waals surface area contributed by atoms with Crippen molar-refractivity contribution in [2.45, 2.75) is 39.7 Å². The van der Waals surface area contributed by atoms with E-state index in [1.807, 2.05) is 91.1 Å². The molecular formula is C35H31ClN4O3. The molecule has 0 atom stereocenters. The molecule has 0 saturated carbocycles. The number of benzene rings is 3. The third kappa shape index (κ3) is 6.45. The second-order valence-electron chi connectivity index (χ2n) is 10.3. The molecule has 1 aliphatic heterocycles. The highest BCUT2D eigenvalue weighted by Gasteiger charge is 2.35. The fraction of sp³-hybridized carbons (Fsp3) is 0.200. The number of nitrogens with zero attached hydrogens (tertiary/aromatic N) is 4. The van der Waals surface area contributed by atoms with Gasteiger partial charge in [-0.2, -0.15) is 10.4 Å². The number of aromatic nitrogens is 2. The van der Waals surface area contributed by atoms with E-state index in [1.54, 1.807) is 17.7 Å². The summed E-state index contributed by atoms with van der Waals surface area (Å²) in [4.78, 5) is 27.9. The van der Waals surface area contributed by atoms with Gasteiger partial charge in [0.05, 0.1) is 5.69 Å². The average Bonchev–Trinajstić information content (AvgIpc) is 3.45. The van der Waals surface area contributed by atoms with Crippen molar-refractivity contribution in [1.82, 2.24) is 14.7 Å². The van der Waals surface area contributed by atoms with Gasteiger partial charge in [0, 0.05) is 40.0 Å². The van der Waals surface area contributed by atoms with Crippen molar-refractivity contribution in [3.8, 4) is 28.8 Å². The van der Waals surface area contributed by atoms with E-state index in [2.05, 4.69) is 6.92 Å². The van der Waals surface area contributed by atoms with Crippen LogP contribution in [0.5, 0.6) is 5.75 Å². The summed E-state index contributed by atoms with van der Waals surface area (Å²) in [7, 11) is 0. The van der Waals surface area contributed by atoms with Crippen LogP contribution in [0.1, 0.15) is 44.2 Å². The van der Waals surface area contributed by atoms with E-state index in [0.29, 0.717) is 46.2 Å². The van der Waals surface area contributed by atoms with Gasteiger partial charge >= 0.3 is 0 Å². The third-order valence-electron chi connectivity index (χ3n) is 7.33. The molecule has 0 fully saturated rings. The molecule has 7 nitrogen and oxygen atoms in total. The number of carbonyl (C=O) groups excluding carboxylic acids is 2. The summed E-state index contributed by atoms with van der Waals surface area (Å²) in [6, 6.07) is 26.8. The van der Waals surface area contributed by atoms with Gasteiger partial charge in [0.2, 0.25) is 0 Å². The maximum atomic E-state index is 13.7. The van der Waals surface area contributed by atoms with Gasteiger partial charge in [-0.3, -0.25) is 14.5 Å². The number of amides is 2. The molecule has 0 spiro atoms. The molecule has 0 radical (unpaired) electrons. The van der Waals surface area contributed by atoms with Crippen LogP contribution >= 0.6 is 11.6 Å². The van der Waals surface area contributed by atoms with Crippen LogP contribution in [0.25, 0.3) is 23.0 Å². The second kappa shape index (κ2) is 13.4. The van der Waals surface area contributed by atoms with Crippen molar-refractivity contribution in [3.63, 3.8) is 0 Å². The molecule has 0 unspecified atom stereocenters. The van der Waals surface area contributed by atoms with Gasteiger partial charge in [0.1, 0.15) is 29.7 Å². The summed E-state index contributed by atoms with van der Waals surface area (Å²) >= 11 is 6.32. The quantitative estimate of drug-likeness (QED) is 0.108. The molecule has 8 heteroatoms. The molecule has 2 amide bonds. The number of halogens is 1. The number of carbonyl (C=O) groups is 2. The zero-order valence-electron chi connectivity index (χ0n) is 24.1. The Bertz CT molecular complexity index is 1770. The standard InChI is InChI=1S/C35H31ClN4O3/c1-3-4-10-18-39-34(41)30(24(2)31(21-37)35(39)42)20-27-22-40(28-14-6-5-7-15-28)38-33(27)25-13-11-16-29(19-25)43-23-26-12-8-9-17-32(26)36/h5-9,11-17,19-20,22H,3-4,10,18,23H2,1-2H3/b30-20+. The highest BCUT2D eigenvalue weighted by Crippen LogP contribution is 2.33. The van der Waals surface area contributed by atoms with E-state index in [9.17, 15) is 14.9 Å². The number of nitriles is 1. The van der Waals surface area contributed by atoms with Crippen LogP contribution in [0.3, 0.4) is 0 Å². The number of ether oxygens (including phenoxy) is 1. The maximum Gasteiger partial charge on any atom is 0.271 e. The Labute approximate surface area is 256 Å². The normalized spacial score (nSPS) is 14.4. The second-order valence-corrected chi connectivity index (χ2v) is 10.7. The number of hydrogen-bond acceptors (Lipinski definition) is 5. The van der Waals surface area contributed by atoms with Gasteiger partial charge in [-0.15, -0.1) is 0 Å². The lowest BCUT2D eigenvalue weighted by atomic mass is 9.93. The molecule has 2 heterocycles. The monoisotopic (exact) mass is 590 g/mol. The number of para-hydroxylation sites is 1. The molecule has 216 valence electrons. The van der Waals surface area contributed by atoms with Crippen LogP contribution in [0, 0.1) is 11.3 Å². The summed E-state index contributed by atoms with van der Waals surface area (Å²) in [6.07, 6.45) is 6.08. The molecule has 0 aliphatic carbocycles. The Morgan fingerprint density at radius 1 is 0.977 bits per heavy atom. The zero-order chi connectivity index (χ0) is 30.3. The van der Waals surface area contributed by atoms with E-state index in [4.69, 9.17) is 21.4 Å². The van der Waals surface area contributed by atoms with E-state index in [-0.39, 0.29) is 12.1 Å². The highest BCUT2D eigenvalue weighted by atomic mass is 35.5. The van der Waals surface area contributed by atoms with Crippen LogP contribution in [0.4, 0.5) is 0 Å². The van der Waals surface area contributed by atoms with E-state index < -0.39 is 11.8 Å². The highest BCUT2D eigenvalue weighted by molar-refractivity contribution is 6.31. The summed E-state index contributed by atoms with van der Waals surface area (Å²) in [5.41, 5.74) is 4.41. The largest absolute Gasteiger partial charge is 0.489 e. The van der Waals surface area contributed by atoms with Gasteiger partial charge < -0.3 is 4.74 Å². The smallest absolute Gasteiger partial charge is 0.271 e. The van der Waals surface area contributed by atoms with E-state index in [1.165, 1.54) is 4.90 Å². The Morgan fingerprint density at radius 3 is 2.49 bits per heavy atom. The van der Waals surface area contributed by atoms with Gasteiger partial charge in [-0.05, 0) is 55.3 Å². The first kappa shape index (κ1) is 29.6. The van der Waals surface area contributed by atoms with Crippen LogP contribution in [-0.2, 0) is 16.2 Å². The fourth-order valence-corrected chi connectivity index (χ4v) is 5.14. The number of rotatable bonds is 10. The van der Waals surface area contributed by atoms with E-state index >= 15 is 0 Å². The van der Waals surface area contributed by atoms with Crippen LogP contribution in [0.15, 0.2) is 102 Å². The van der Waals surface area contributed by atoms with Gasteiger partial charge in [0.15, 0.2) is 0 Å². The Morgan fingerprint density at radius 2 is 1.74 bits per heavy atom. The molecule has 1 aliphatic rings. The average molecular weight is 591 g/mol. The van der Waals surface area contributed by atoms with E-state index in [0.717, 1.165) is 29.7 Å². The topological polar surface area (TPSA) is 88.2 Å². The summed E-state index contributed by atoms with van der Waals surface area (Å²) in [5.74, 6) is -0.316. The Hall–Kier alpha value is -4.93. The van der Waals surface area contributed by atoms with Gasteiger partial charge in [0.25, 0.3) is 11.8 Å². The molecule has 5 rings (SSSR count). The predicted molar refractivity (Wildman–Crippen MR) is 167 cm³/mol. The van der Waals surface area contributed by atoms with Gasteiger partial charge in [-0.25, -0.2) is 4.68 Å². The van der Waals surface area contributed by atoms with Crippen molar-refractivity contribution in [2.75, 3.05) is 6.54 Å². The minimum absolute atomic E-state index is 0.0191. The zero-order valence-corrected chi connectivity index (χ0v) is 24.8. The first-order valence-electron chi connectivity index (χ1n) is 14.2. The lowest BCUT2D eigenvalue weighted by Crippen LogP contribution is -2.43. The lowest BCUT2D eigenvalue weighted by molar-refractivity contribution is -0.140. The minimum Gasteiger partial charge on any atom is -0.489 e. The molecule has 4 aromatic rings. The summed E-state index contributed by atoms with van der Waals surface area (Å²) in [5, 5.41) is 15.4. The predicted octanol–water partition coefficient (Wildman–Crippen LogP) is 7.55. The number of hydrogen-bond donors (Lipinski definition) is 0. The van der Waals surface area contributed by atoms with Crippen LogP contribution in [-0.4, -0.2) is 33.0 Å². The summed E-state index contributed by atoms with van der Waals surface area (Å²) in [6.45, 7) is 4.27. The van der Waals surface area contributed by atoms with Crippen molar-refractivity contribution in [2.24, 2.45) is 0 Å². The van der Waals surface area contributed by atoms with Gasteiger partial charge in [-0.1, -0.05) is 79.9 Å². The first-order chi connectivity index (χ1) is 20.9. The number of imide groups is 1. The van der Waals surface area contributed by atoms with Crippen molar-refractivity contribution < 1.29 is 14.3 Å². The van der Waals surface area contributed by atoms with Crippen LogP contribution in [0.2, 0.25) is 5.02 Å². The number of unbranched alkanes of at least 4 members (excludes halogenated alkanes) is 2. The lowest BCUT2D eigenvalue weighted by Gasteiger charge is -2.27. The van der Waals surface area contributed by atoms with Crippen LogP contribution < -0.4 is 4.74 Å². The Kier molecular flexibility index (Phi) is 9.19. The van der Waals surface area contributed by atoms with Crippen molar-refractivity contribution in [3.05, 3.63) is 118 Å².